The third-order valence-electron chi connectivity index (χ3n) is 11.1. The van der Waals surface area contributed by atoms with Crippen molar-refractivity contribution < 1.29 is 36.3 Å². The van der Waals surface area contributed by atoms with E-state index in [1.165, 1.54) is 25.5 Å². The van der Waals surface area contributed by atoms with Crippen molar-refractivity contribution in [1.82, 2.24) is 19.4 Å². The Morgan fingerprint density at radius 3 is 2.32 bits per heavy atom. The van der Waals surface area contributed by atoms with Crippen LogP contribution in [0.5, 0.6) is 0 Å². The minimum absolute atomic E-state index is 0.0216. The summed E-state index contributed by atoms with van der Waals surface area (Å²) in [5.41, 5.74) is -0.674. The number of amides is 1. The van der Waals surface area contributed by atoms with Crippen molar-refractivity contribution in [1.29, 1.82) is 5.41 Å². The highest BCUT2D eigenvalue weighted by atomic mass is 32.2. The number of aliphatic hydroxyl groups is 1. The number of nitrogens with one attached hydrogen (secondary N) is 3. The number of hydrogen-bond donors (Lipinski definition) is 4. The van der Waals surface area contributed by atoms with Crippen LogP contribution in [0.25, 0.3) is 0 Å². The van der Waals surface area contributed by atoms with Gasteiger partial charge in [-0.1, -0.05) is 32.9 Å². The lowest BCUT2D eigenvalue weighted by Gasteiger charge is -2.41. The maximum atomic E-state index is 15.5. The van der Waals surface area contributed by atoms with E-state index in [1.54, 1.807) is 30.9 Å². The molecule has 0 aromatic heterocycles. The largest absolute Gasteiger partial charge is 0.389 e. The summed E-state index contributed by atoms with van der Waals surface area (Å²) in [4.78, 5) is 34.5. The van der Waals surface area contributed by atoms with E-state index in [4.69, 9.17) is 5.41 Å². The average Bonchev–Trinajstić information content (AvgIpc) is 3.19. The SMILES string of the molecule is C=Nc1ccc(C2CCC(O)(CC(=O)N3CCN(C(C=N)/C(=C/CC)[C@@H](C)N/C=C(\CC)C(=O)c4c(F)ccc(NS(=O)(=O)N(C)CC)c4F)CC3)CC2)c(F)c1. The fourth-order valence-corrected chi connectivity index (χ4v) is 8.40. The zero-order chi connectivity index (χ0) is 42.1. The minimum atomic E-state index is -4.14. The van der Waals surface area contributed by atoms with Gasteiger partial charge in [0, 0.05) is 63.8 Å². The second kappa shape index (κ2) is 19.9. The molecule has 1 aliphatic carbocycles. The first-order valence-electron chi connectivity index (χ1n) is 19.5. The zero-order valence-electron chi connectivity index (χ0n) is 33.5. The van der Waals surface area contributed by atoms with Gasteiger partial charge in [-0.3, -0.25) is 24.2 Å². The molecule has 0 radical (unpaired) electrons. The van der Waals surface area contributed by atoms with Gasteiger partial charge >= 0.3 is 10.2 Å². The molecule has 0 spiro atoms. The Balaban J connectivity index is 1.38. The predicted octanol–water partition coefficient (Wildman–Crippen LogP) is 6.48. The van der Waals surface area contributed by atoms with Crippen molar-refractivity contribution in [2.75, 3.05) is 44.5 Å². The van der Waals surface area contributed by atoms with Gasteiger partial charge in [0.2, 0.25) is 5.91 Å². The number of allylic oxidation sites excluding steroid dienone is 2. The number of rotatable bonds is 18. The molecular formula is C41H56F3N7O5S. The van der Waals surface area contributed by atoms with Crippen molar-refractivity contribution in [3.05, 3.63) is 82.3 Å². The van der Waals surface area contributed by atoms with Gasteiger partial charge in [-0.2, -0.15) is 12.7 Å². The van der Waals surface area contributed by atoms with Crippen LogP contribution in [0.1, 0.15) is 94.5 Å². The number of piperazine rings is 1. The highest BCUT2D eigenvalue weighted by molar-refractivity contribution is 7.90. The van der Waals surface area contributed by atoms with Gasteiger partial charge in [-0.15, -0.1) is 0 Å². The molecule has 4 N–H and O–H groups in total. The van der Waals surface area contributed by atoms with Crippen LogP contribution in [0.15, 0.2) is 58.7 Å². The van der Waals surface area contributed by atoms with E-state index in [0.717, 1.165) is 22.0 Å². The van der Waals surface area contributed by atoms with E-state index in [-0.39, 0.29) is 42.6 Å². The lowest BCUT2D eigenvalue weighted by Crippen LogP contribution is -2.55. The van der Waals surface area contributed by atoms with Crippen LogP contribution < -0.4 is 10.0 Å². The number of aliphatic imine (C=N–C) groups is 1. The smallest absolute Gasteiger partial charge is 0.301 e. The molecule has 2 aromatic rings. The number of benzene rings is 2. The van der Waals surface area contributed by atoms with Gasteiger partial charge in [0.1, 0.15) is 11.6 Å². The number of ketones is 1. The number of carbonyl (C=O) groups is 2. The molecule has 57 heavy (non-hydrogen) atoms. The lowest BCUT2D eigenvalue weighted by atomic mass is 9.74. The Morgan fingerprint density at radius 2 is 1.75 bits per heavy atom. The molecule has 12 nitrogen and oxygen atoms in total. The van der Waals surface area contributed by atoms with Crippen LogP contribution in [-0.2, 0) is 15.0 Å². The molecule has 1 unspecified atom stereocenters. The second-order valence-electron chi connectivity index (χ2n) is 14.7. The fraction of sp³-hybridized carbons (Fsp3) is 0.512. The molecule has 2 aromatic carbocycles. The Kier molecular flexibility index (Phi) is 15.8. The summed E-state index contributed by atoms with van der Waals surface area (Å²) in [6, 6.07) is 5.70. The van der Waals surface area contributed by atoms with Gasteiger partial charge in [-0.25, -0.2) is 13.2 Å². The number of hydrogen-bond acceptors (Lipinski definition) is 9. The van der Waals surface area contributed by atoms with Gasteiger partial charge in [-0.05, 0) is 93.5 Å². The molecule has 1 amide bonds. The van der Waals surface area contributed by atoms with E-state index in [9.17, 15) is 31.9 Å². The van der Waals surface area contributed by atoms with Gasteiger partial charge in [0.05, 0.1) is 35.0 Å². The highest BCUT2D eigenvalue weighted by Gasteiger charge is 2.38. The summed E-state index contributed by atoms with van der Waals surface area (Å²) < 4.78 is 73.2. The van der Waals surface area contributed by atoms with Crippen LogP contribution in [0, 0.1) is 22.9 Å². The molecule has 0 bridgehead atoms. The Morgan fingerprint density at radius 1 is 1.09 bits per heavy atom. The van der Waals surface area contributed by atoms with Crippen molar-refractivity contribution >= 4 is 46.2 Å². The quantitative estimate of drug-likeness (QED) is 0.0581. The summed E-state index contributed by atoms with van der Waals surface area (Å²) in [5, 5.41) is 22.9. The summed E-state index contributed by atoms with van der Waals surface area (Å²) in [6.07, 6.45) is 7.31. The van der Waals surface area contributed by atoms with E-state index >= 15 is 4.39 Å². The first-order valence-corrected chi connectivity index (χ1v) is 20.9. The summed E-state index contributed by atoms with van der Waals surface area (Å²) >= 11 is 0. The maximum Gasteiger partial charge on any atom is 0.301 e. The van der Waals surface area contributed by atoms with Crippen LogP contribution >= 0.6 is 0 Å². The highest BCUT2D eigenvalue weighted by Crippen LogP contribution is 2.41. The molecule has 1 aliphatic heterocycles. The summed E-state index contributed by atoms with van der Waals surface area (Å²) in [7, 11) is -2.85. The molecule has 16 heteroatoms. The lowest BCUT2D eigenvalue weighted by molar-refractivity contribution is -0.139. The van der Waals surface area contributed by atoms with Crippen molar-refractivity contribution in [3.63, 3.8) is 0 Å². The Hall–Kier alpha value is -4.38. The van der Waals surface area contributed by atoms with Crippen molar-refractivity contribution in [2.24, 2.45) is 4.99 Å². The topological polar surface area (TPSA) is 158 Å². The molecule has 1 heterocycles. The molecular weight excluding hydrogens is 760 g/mol. The fourth-order valence-electron chi connectivity index (χ4n) is 7.47. The van der Waals surface area contributed by atoms with Crippen LogP contribution in [0.2, 0.25) is 0 Å². The number of anilines is 1. The molecule has 312 valence electrons. The van der Waals surface area contributed by atoms with Crippen molar-refractivity contribution in [2.45, 2.75) is 96.2 Å². The van der Waals surface area contributed by atoms with E-state index in [1.807, 2.05) is 19.9 Å². The maximum absolute atomic E-state index is 15.5. The number of nitrogens with zero attached hydrogens (tertiary/aromatic N) is 4. The standard InChI is InChI=1S/C41H56F3N7O5S/c1-7-10-31(27(4)47-26-28(8-2)40(53)38-33(42)13-14-35(39(38)44)48-57(55,56)49(6)9-3)36(25-45)50-19-21-51(22-20-50)37(52)24-41(54)17-15-29(16-18-41)32-12-11-30(46-5)23-34(32)43/h10-14,23,25-27,29,36,45,47-48,54H,5,7-9,15-22,24H2,1-4,6H3/b28-26+,31-10+,45-25?/t27-,29?,36?,41?/m1/s1. The molecule has 2 atom stereocenters. The second-order valence-corrected chi connectivity index (χ2v) is 16.5. The molecule has 1 saturated heterocycles. The van der Waals surface area contributed by atoms with E-state index in [0.29, 0.717) is 69.5 Å². The van der Waals surface area contributed by atoms with Gasteiger partial charge in [0.25, 0.3) is 0 Å². The normalized spacial score (nSPS) is 20.9. The molecule has 2 fully saturated rings. The number of carbonyl (C=O) groups excluding carboxylic acids is 2. The number of halogens is 3. The van der Waals surface area contributed by atoms with E-state index < -0.39 is 56.6 Å². The van der Waals surface area contributed by atoms with Crippen LogP contribution in [-0.4, -0.2) is 110 Å². The zero-order valence-corrected chi connectivity index (χ0v) is 34.3. The molecule has 2 aliphatic rings. The average molecular weight is 816 g/mol. The summed E-state index contributed by atoms with van der Waals surface area (Å²) in [5.74, 6) is -3.95. The minimum Gasteiger partial charge on any atom is -0.389 e. The van der Waals surface area contributed by atoms with E-state index in [2.05, 4.69) is 26.6 Å². The molecule has 4 rings (SSSR count). The Bertz CT molecular complexity index is 1960. The predicted molar refractivity (Wildman–Crippen MR) is 218 cm³/mol. The first-order chi connectivity index (χ1) is 27.0. The van der Waals surface area contributed by atoms with Crippen LogP contribution in [0.4, 0.5) is 24.5 Å². The summed E-state index contributed by atoms with van der Waals surface area (Å²) in [6.45, 7) is 12.3. The number of Topliss-reactive ketones (excluding diaryl/α,β-unsaturated/α-hetero) is 1. The Labute approximate surface area is 334 Å². The third-order valence-corrected chi connectivity index (χ3v) is 12.7. The van der Waals surface area contributed by atoms with Gasteiger partial charge in [0.15, 0.2) is 11.6 Å². The monoisotopic (exact) mass is 815 g/mol. The van der Waals surface area contributed by atoms with Crippen LogP contribution in [0.3, 0.4) is 0 Å². The molecule has 1 saturated carbocycles. The van der Waals surface area contributed by atoms with Crippen molar-refractivity contribution in [3.8, 4) is 0 Å². The third kappa shape index (κ3) is 11.0. The van der Waals surface area contributed by atoms with Gasteiger partial charge < -0.3 is 20.7 Å². The first kappa shape index (κ1) is 45.3.